The molecular weight excluding hydrogens is 240 g/mol. The number of quaternary nitrogens is 1. The van der Waals surface area contributed by atoms with Crippen LogP contribution in [0, 0.1) is 0 Å². The number of likely N-dealkylation sites (N-methyl/N-ethyl adjacent to an activating group) is 1. The number of hydrogen-bond acceptors (Lipinski definition) is 2. The lowest BCUT2D eigenvalue weighted by atomic mass is 10.2. The van der Waals surface area contributed by atoms with Crippen molar-refractivity contribution in [2.75, 3.05) is 26.0 Å². The number of hydrogen-bond donors (Lipinski definition) is 0. The second kappa shape index (κ2) is 5.80. The fourth-order valence-corrected chi connectivity index (χ4v) is 1.90. The Morgan fingerprint density at radius 2 is 1.74 bits per heavy atom. The first-order valence-corrected chi connectivity index (χ1v) is 6.15. The molecule has 4 heteroatoms. The lowest BCUT2D eigenvalue weighted by molar-refractivity contribution is -0.792. The van der Waals surface area contributed by atoms with Gasteiger partial charge < -0.3 is 0 Å². The minimum absolute atomic E-state index is 0.0425. The standard InChI is InChI=1S/C15H21N2O2/c1-6-14(18)16(13-10-8-7-9-11-13)12(2)15(19)17(3,4)5/h6-12H,1H2,2-5H3/q+1. The molecule has 0 N–H and O–H groups in total. The lowest BCUT2D eigenvalue weighted by Gasteiger charge is -2.31. The average Bonchev–Trinajstić information content (AvgIpc) is 2.37. The van der Waals surface area contributed by atoms with E-state index in [9.17, 15) is 9.59 Å². The Labute approximate surface area is 114 Å². The second-order valence-corrected chi connectivity index (χ2v) is 5.27. The predicted molar refractivity (Wildman–Crippen MR) is 76.6 cm³/mol. The largest absolute Gasteiger partial charge is 0.335 e. The van der Waals surface area contributed by atoms with Gasteiger partial charge in [-0.3, -0.25) is 14.2 Å². The Morgan fingerprint density at radius 3 is 2.16 bits per heavy atom. The van der Waals surface area contributed by atoms with Crippen molar-refractivity contribution in [3.05, 3.63) is 43.0 Å². The summed E-state index contributed by atoms with van der Waals surface area (Å²) in [5.41, 5.74) is 0.696. The van der Waals surface area contributed by atoms with E-state index in [1.165, 1.54) is 11.0 Å². The Balaban J connectivity index is 3.16. The van der Waals surface area contributed by atoms with E-state index < -0.39 is 6.04 Å². The van der Waals surface area contributed by atoms with Gasteiger partial charge in [-0.05, 0) is 25.1 Å². The van der Waals surface area contributed by atoms with E-state index in [-0.39, 0.29) is 16.3 Å². The number of amides is 2. The van der Waals surface area contributed by atoms with Gasteiger partial charge in [0.05, 0.1) is 21.1 Å². The minimum Gasteiger partial charge on any atom is -0.292 e. The average molecular weight is 261 g/mol. The van der Waals surface area contributed by atoms with Crippen molar-refractivity contribution in [3.63, 3.8) is 0 Å². The number of rotatable bonds is 4. The van der Waals surface area contributed by atoms with Crippen molar-refractivity contribution in [2.45, 2.75) is 13.0 Å². The van der Waals surface area contributed by atoms with Gasteiger partial charge in [-0.1, -0.05) is 24.8 Å². The first-order chi connectivity index (χ1) is 8.79. The maximum absolute atomic E-state index is 12.3. The van der Waals surface area contributed by atoms with Crippen LogP contribution in [0.1, 0.15) is 6.92 Å². The highest BCUT2D eigenvalue weighted by Gasteiger charge is 2.34. The minimum atomic E-state index is -0.548. The first kappa shape index (κ1) is 15.1. The molecule has 4 nitrogen and oxygen atoms in total. The molecule has 1 rings (SSSR count). The van der Waals surface area contributed by atoms with Crippen LogP contribution in [-0.2, 0) is 9.59 Å². The quantitative estimate of drug-likeness (QED) is 0.612. The Morgan fingerprint density at radius 1 is 1.21 bits per heavy atom. The van der Waals surface area contributed by atoms with Gasteiger partial charge in [-0.15, -0.1) is 0 Å². The number of nitrogens with zero attached hydrogens (tertiary/aromatic N) is 2. The summed E-state index contributed by atoms with van der Waals surface area (Å²) >= 11 is 0. The maximum Gasteiger partial charge on any atom is 0.335 e. The third kappa shape index (κ3) is 3.51. The van der Waals surface area contributed by atoms with Crippen molar-refractivity contribution in [2.24, 2.45) is 0 Å². The second-order valence-electron chi connectivity index (χ2n) is 5.27. The van der Waals surface area contributed by atoms with Crippen LogP contribution in [0.5, 0.6) is 0 Å². The van der Waals surface area contributed by atoms with E-state index in [2.05, 4.69) is 6.58 Å². The van der Waals surface area contributed by atoms with Gasteiger partial charge >= 0.3 is 5.91 Å². The molecule has 0 aliphatic carbocycles. The Hall–Kier alpha value is -1.94. The number of anilines is 1. The van der Waals surface area contributed by atoms with E-state index in [0.29, 0.717) is 5.69 Å². The van der Waals surface area contributed by atoms with E-state index in [1.807, 2.05) is 18.2 Å². The molecule has 102 valence electrons. The summed E-state index contributed by atoms with van der Waals surface area (Å²) in [5, 5.41) is 0. The molecule has 0 saturated carbocycles. The highest BCUT2D eigenvalue weighted by Crippen LogP contribution is 2.19. The molecule has 0 spiro atoms. The fraction of sp³-hybridized carbons (Fsp3) is 0.333. The van der Waals surface area contributed by atoms with Gasteiger partial charge in [-0.2, -0.15) is 0 Å². The molecule has 0 aromatic heterocycles. The summed E-state index contributed by atoms with van der Waals surface area (Å²) in [5.74, 6) is -0.320. The van der Waals surface area contributed by atoms with Crippen LogP contribution < -0.4 is 4.90 Å². The van der Waals surface area contributed by atoms with E-state index in [1.54, 1.807) is 40.2 Å². The van der Waals surface area contributed by atoms with Gasteiger partial charge in [0.1, 0.15) is 6.04 Å². The first-order valence-electron chi connectivity index (χ1n) is 6.15. The van der Waals surface area contributed by atoms with Crippen molar-refractivity contribution in [1.82, 2.24) is 0 Å². The topological polar surface area (TPSA) is 37.4 Å². The van der Waals surface area contributed by atoms with E-state index >= 15 is 0 Å². The lowest BCUT2D eigenvalue weighted by Crippen LogP contribution is -2.54. The zero-order valence-corrected chi connectivity index (χ0v) is 12.0. The van der Waals surface area contributed by atoms with Crippen LogP contribution in [0.3, 0.4) is 0 Å². The van der Waals surface area contributed by atoms with Crippen LogP contribution >= 0.6 is 0 Å². The van der Waals surface area contributed by atoms with Crippen molar-refractivity contribution in [1.29, 1.82) is 0 Å². The molecule has 0 aliphatic heterocycles. The SMILES string of the molecule is C=CC(=O)N(c1ccccc1)C(C)C(=O)[N+](C)(C)C. The van der Waals surface area contributed by atoms with Crippen LogP contribution in [0.4, 0.5) is 5.69 Å². The molecule has 1 aromatic carbocycles. The van der Waals surface area contributed by atoms with Gasteiger partial charge in [0.25, 0.3) is 5.91 Å². The normalized spacial score (nSPS) is 12.6. The third-order valence-electron chi connectivity index (χ3n) is 2.85. The molecule has 0 aliphatic rings. The van der Waals surface area contributed by atoms with Crippen molar-refractivity contribution in [3.8, 4) is 0 Å². The number of carbonyl (C=O) groups is 2. The summed E-state index contributed by atoms with van der Waals surface area (Å²) in [6.45, 7) is 5.24. The van der Waals surface area contributed by atoms with Gasteiger partial charge in [0.15, 0.2) is 0 Å². The van der Waals surface area contributed by atoms with Crippen LogP contribution in [-0.4, -0.2) is 43.5 Å². The maximum atomic E-state index is 12.3. The summed E-state index contributed by atoms with van der Waals surface area (Å²) in [4.78, 5) is 25.8. The van der Waals surface area contributed by atoms with Crippen molar-refractivity contribution < 1.29 is 14.1 Å². The molecule has 0 radical (unpaired) electrons. The third-order valence-corrected chi connectivity index (χ3v) is 2.85. The molecule has 1 aromatic rings. The molecule has 2 amide bonds. The molecule has 0 bridgehead atoms. The summed E-state index contributed by atoms with van der Waals surface area (Å²) in [6, 6.07) is 8.60. The zero-order chi connectivity index (χ0) is 14.6. The summed E-state index contributed by atoms with van der Waals surface area (Å²) in [7, 11) is 5.38. The van der Waals surface area contributed by atoms with Gasteiger partial charge in [0.2, 0.25) is 0 Å². The van der Waals surface area contributed by atoms with E-state index in [0.717, 1.165) is 0 Å². The molecular formula is C15H21N2O2+. The van der Waals surface area contributed by atoms with Crippen LogP contribution in [0.25, 0.3) is 0 Å². The number of carbonyl (C=O) groups excluding carboxylic acids is 2. The summed E-state index contributed by atoms with van der Waals surface area (Å²) < 4.78 is 0.162. The predicted octanol–water partition coefficient (Wildman–Crippen LogP) is 1.83. The summed E-state index contributed by atoms with van der Waals surface area (Å²) in [6.07, 6.45) is 1.23. The number of benzene rings is 1. The van der Waals surface area contributed by atoms with E-state index in [4.69, 9.17) is 0 Å². The van der Waals surface area contributed by atoms with Crippen LogP contribution in [0.15, 0.2) is 43.0 Å². The molecule has 19 heavy (non-hydrogen) atoms. The van der Waals surface area contributed by atoms with Gasteiger partial charge in [-0.25, -0.2) is 4.79 Å². The number of para-hydroxylation sites is 1. The molecule has 1 unspecified atom stereocenters. The Bertz CT molecular complexity index is 475. The monoisotopic (exact) mass is 261 g/mol. The molecule has 1 atom stereocenters. The molecule has 0 saturated heterocycles. The van der Waals surface area contributed by atoms with Gasteiger partial charge in [0, 0.05) is 5.69 Å². The highest BCUT2D eigenvalue weighted by atomic mass is 16.2. The zero-order valence-electron chi connectivity index (χ0n) is 12.0. The van der Waals surface area contributed by atoms with Crippen molar-refractivity contribution >= 4 is 17.5 Å². The van der Waals surface area contributed by atoms with Crippen LogP contribution in [0.2, 0.25) is 0 Å². The smallest absolute Gasteiger partial charge is 0.292 e. The fourth-order valence-electron chi connectivity index (χ4n) is 1.90. The Kier molecular flexibility index (Phi) is 4.62. The molecule has 0 fully saturated rings. The molecule has 0 heterocycles. The highest BCUT2D eigenvalue weighted by molar-refractivity contribution is 6.05.